The number of halogens is 1. The number of esters is 1. The van der Waals surface area contributed by atoms with E-state index < -0.39 is 22.6 Å². The van der Waals surface area contributed by atoms with Crippen LogP contribution in [-0.2, 0) is 19.6 Å². The zero-order valence-electron chi connectivity index (χ0n) is 18.3. The third-order valence-corrected chi connectivity index (χ3v) is 7.49. The molecule has 0 spiro atoms. The van der Waals surface area contributed by atoms with Crippen LogP contribution in [0.1, 0.15) is 36.0 Å². The number of likely N-dealkylation sites (tertiary alicyclic amines) is 1. The Bertz CT molecular complexity index is 1100. The van der Waals surface area contributed by atoms with E-state index in [1.54, 1.807) is 35.2 Å². The van der Waals surface area contributed by atoms with Gasteiger partial charge in [-0.3, -0.25) is 9.10 Å². The summed E-state index contributed by atoms with van der Waals surface area (Å²) < 4.78 is 33.0. The number of amides is 1. The molecule has 0 N–H and O–H groups in total. The van der Waals surface area contributed by atoms with Gasteiger partial charge < -0.3 is 9.64 Å². The monoisotopic (exact) mass is 490 g/mol. The highest BCUT2D eigenvalue weighted by molar-refractivity contribution is 7.92. The molecule has 1 aliphatic heterocycles. The minimum absolute atomic E-state index is 0.0381. The number of carbonyl (C=O) groups is 2. The number of para-hydroxylation sites is 1. The summed E-state index contributed by atoms with van der Waals surface area (Å²) in [6, 6.07) is 12.4. The van der Waals surface area contributed by atoms with Gasteiger partial charge in [0, 0.05) is 13.1 Å². The van der Waals surface area contributed by atoms with Gasteiger partial charge in [0.15, 0.2) is 6.61 Å². The number of ether oxygens (including phenoxy) is 1. The molecule has 9 heteroatoms. The highest BCUT2D eigenvalue weighted by Gasteiger charge is 2.27. The fourth-order valence-electron chi connectivity index (χ4n) is 3.62. The molecule has 1 saturated heterocycles. The van der Waals surface area contributed by atoms with Gasteiger partial charge in [0.25, 0.3) is 15.9 Å². The van der Waals surface area contributed by atoms with Gasteiger partial charge in [0.2, 0.25) is 0 Å². The van der Waals surface area contributed by atoms with Crippen LogP contribution in [0.25, 0.3) is 0 Å². The van der Waals surface area contributed by atoms with E-state index in [-0.39, 0.29) is 27.9 Å². The van der Waals surface area contributed by atoms with Crippen molar-refractivity contribution < 1.29 is 22.7 Å². The summed E-state index contributed by atoms with van der Waals surface area (Å²) in [5.41, 5.74) is 0.340. The maximum absolute atomic E-state index is 13.3. The van der Waals surface area contributed by atoms with Gasteiger partial charge in [-0.25, -0.2) is 13.2 Å². The smallest absolute Gasteiger partial charge is 0.340 e. The summed E-state index contributed by atoms with van der Waals surface area (Å²) in [5.74, 6) is -1.12. The van der Waals surface area contributed by atoms with E-state index in [2.05, 4.69) is 6.58 Å². The lowest BCUT2D eigenvalue weighted by Crippen LogP contribution is -2.35. The maximum Gasteiger partial charge on any atom is 0.340 e. The normalized spacial score (nSPS) is 14.3. The summed E-state index contributed by atoms with van der Waals surface area (Å²) >= 11 is 6.16. The second-order valence-electron chi connectivity index (χ2n) is 7.67. The van der Waals surface area contributed by atoms with E-state index >= 15 is 0 Å². The van der Waals surface area contributed by atoms with Crippen LogP contribution in [0.4, 0.5) is 5.69 Å². The summed E-state index contributed by atoms with van der Waals surface area (Å²) in [4.78, 5) is 26.7. The van der Waals surface area contributed by atoms with E-state index in [1.165, 1.54) is 28.6 Å². The van der Waals surface area contributed by atoms with Crippen molar-refractivity contribution in [3.8, 4) is 0 Å². The molecule has 176 valence electrons. The Balaban J connectivity index is 1.79. The standard InChI is InChI=1S/C24H27ClN2O5S/c1-2-14-27(19-10-6-5-7-11-19)33(30,31)20-12-13-22(25)21(17-20)24(29)32-18-23(28)26-15-8-3-4-9-16-26/h2,5-7,10-13,17H,1,3-4,8-9,14-16,18H2. The summed E-state index contributed by atoms with van der Waals surface area (Å²) in [7, 11) is -4.02. The molecular formula is C24H27ClN2O5S. The predicted molar refractivity (Wildman–Crippen MR) is 128 cm³/mol. The van der Waals surface area contributed by atoms with Gasteiger partial charge in [-0.1, -0.05) is 48.7 Å². The van der Waals surface area contributed by atoms with Crippen molar-refractivity contribution in [2.45, 2.75) is 30.6 Å². The number of sulfonamides is 1. The fourth-order valence-corrected chi connectivity index (χ4v) is 5.28. The molecule has 1 aliphatic rings. The second kappa shape index (κ2) is 11.3. The Morgan fingerprint density at radius 3 is 2.36 bits per heavy atom. The zero-order chi connectivity index (χ0) is 23.8. The van der Waals surface area contributed by atoms with Gasteiger partial charge in [0.1, 0.15) is 0 Å². The average Bonchev–Trinajstić information content (AvgIpc) is 3.11. The number of rotatable bonds is 8. The van der Waals surface area contributed by atoms with E-state index in [4.69, 9.17) is 16.3 Å². The summed E-state index contributed by atoms with van der Waals surface area (Å²) in [6.07, 6.45) is 5.48. The Morgan fingerprint density at radius 1 is 1.06 bits per heavy atom. The van der Waals surface area contributed by atoms with E-state index in [9.17, 15) is 18.0 Å². The zero-order valence-corrected chi connectivity index (χ0v) is 19.9. The molecule has 33 heavy (non-hydrogen) atoms. The Kier molecular flexibility index (Phi) is 8.52. The van der Waals surface area contributed by atoms with Crippen molar-refractivity contribution in [2.75, 3.05) is 30.5 Å². The third kappa shape index (κ3) is 6.15. The van der Waals surface area contributed by atoms with Crippen molar-refractivity contribution in [1.82, 2.24) is 4.90 Å². The van der Waals surface area contributed by atoms with E-state index in [0.29, 0.717) is 18.8 Å². The average molecular weight is 491 g/mol. The number of hydrogen-bond acceptors (Lipinski definition) is 5. The van der Waals surface area contributed by atoms with Gasteiger partial charge in [0.05, 0.1) is 27.7 Å². The van der Waals surface area contributed by atoms with Crippen molar-refractivity contribution in [3.63, 3.8) is 0 Å². The Hall–Kier alpha value is -2.84. The van der Waals surface area contributed by atoms with Gasteiger partial charge in [-0.05, 0) is 43.2 Å². The predicted octanol–water partition coefficient (Wildman–Crippen LogP) is 4.28. The van der Waals surface area contributed by atoms with Gasteiger partial charge in [-0.15, -0.1) is 6.58 Å². The molecule has 0 aliphatic carbocycles. The number of benzene rings is 2. The minimum atomic E-state index is -4.02. The van der Waals surface area contributed by atoms with Gasteiger partial charge >= 0.3 is 5.97 Å². The number of nitrogens with zero attached hydrogens (tertiary/aromatic N) is 2. The molecule has 0 atom stereocenters. The molecule has 2 aromatic carbocycles. The highest BCUT2D eigenvalue weighted by atomic mass is 35.5. The second-order valence-corrected chi connectivity index (χ2v) is 9.94. The first-order valence-corrected chi connectivity index (χ1v) is 12.6. The molecule has 0 bridgehead atoms. The number of hydrogen-bond donors (Lipinski definition) is 0. The highest BCUT2D eigenvalue weighted by Crippen LogP contribution is 2.27. The molecule has 0 unspecified atom stereocenters. The molecule has 1 fully saturated rings. The topological polar surface area (TPSA) is 84.0 Å². The molecule has 7 nitrogen and oxygen atoms in total. The number of carbonyl (C=O) groups excluding carboxylic acids is 2. The van der Waals surface area contributed by atoms with Crippen LogP contribution < -0.4 is 4.31 Å². The van der Waals surface area contributed by atoms with Gasteiger partial charge in [-0.2, -0.15) is 0 Å². The molecule has 2 aromatic rings. The van der Waals surface area contributed by atoms with Crippen molar-refractivity contribution in [2.24, 2.45) is 0 Å². The molecule has 1 amide bonds. The molecule has 0 aromatic heterocycles. The largest absolute Gasteiger partial charge is 0.452 e. The SMILES string of the molecule is C=CCN(c1ccccc1)S(=O)(=O)c1ccc(Cl)c(C(=O)OCC(=O)N2CCCCCC2)c1. The van der Waals surface area contributed by atoms with E-state index in [0.717, 1.165) is 25.7 Å². The number of anilines is 1. The summed E-state index contributed by atoms with van der Waals surface area (Å²) in [5, 5.41) is 0.0381. The third-order valence-electron chi connectivity index (χ3n) is 5.37. The quantitative estimate of drug-likeness (QED) is 0.407. The van der Waals surface area contributed by atoms with E-state index in [1.807, 2.05) is 0 Å². The Labute approximate surface area is 199 Å². The van der Waals surface area contributed by atoms with Crippen LogP contribution in [0, 0.1) is 0 Å². The lowest BCUT2D eigenvalue weighted by atomic mass is 10.2. The van der Waals surface area contributed by atoms with Crippen LogP contribution in [0.15, 0.2) is 66.1 Å². The lowest BCUT2D eigenvalue weighted by molar-refractivity contribution is -0.134. The van der Waals surface area contributed by atoms with Crippen LogP contribution >= 0.6 is 11.6 Å². The fraction of sp³-hybridized carbons (Fsp3) is 0.333. The first-order chi connectivity index (χ1) is 15.8. The first kappa shape index (κ1) is 24.8. The molecule has 3 rings (SSSR count). The molecule has 1 heterocycles. The lowest BCUT2D eigenvalue weighted by Gasteiger charge is -2.23. The van der Waals surface area contributed by atoms with Crippen LogP contribution in [0.2, 0.25) is 5.02 Å². The van der Waals surface area contributed by atoms with Crippen molar-refractivity contribution >= 4 is 39.2 Å². The van der Waals surface area contributed by atoms with Crippen molar-refractivity contribution in [1.29, 1.82) is 0 Å². The Morgan fingerprint density at radius 2 is 1.73 bits per heavy atom. The first-order valence-electron chi connectivity index (χ1n) is 10.8. The molecular weight excluding hydrogens is 464 g/mol. The van der Waals surface area contributed by atoms with Crippen molar-refractivity contribution in [3.05, 3.63) is 71.8 Å². The maximum atomic E-state index is 13.3. The van der Waals surface area contributed by atoms with Crippen LogP contribution in [0.5, 0.6) is 0 Å². The van der Waals surface area contributed by atoms with Crippen LogP contribution in [0.3, 0.4) is 0 Å². The summed E-state index contributed by atoms with van der Waals surface area (Å²) in [6.45, 7) is 4.55. The molecule has 0 radical (unpaired) electrons. The van der Waals surface area contributed by atoms with Crippen LogP contribution in [-0.4, -0.2) is 51.4 Å². The molecule has 0 saturated carbocycles. The minimum Gasteiger partial charge on any atom is -0.452 e.